The summed E-state index contributed by atoms with van der Waals surface area (Å²) in [5, 5.41) is 0. The van der Waals surface area contributed by atoms with Crippen LogP contribution in [0.5, 0.6) is 0 Å². The smallest absolute Gasteiger partial charge is 0.342 e. The molecule has 1 amide bonds. The van der Waals surface area contributed by atoms with Crippen molar-refractivity contribution in [3.05, 3.63) is 29.3 Å². The van der Waals surface area contributed by atoms with Gasteiger partial charge in [-0.2, -0.15) is 13.2 Å². The summed E-state index contributed by atoms with van der Waals surface area (Å²) in [6, 6.07) is 3.39. The summed E-state index contributed by atoms with van der Waals surface area (Å²) in [4.78, 5) is 13.4. The van der Waals surface area contributed by atoms with Gasteiger partial charge in [0.1, 0.15) is 0 Å². The highest BCUT2D eigenvalue weighted by atomic mass is 19.4. The summed E-state index contributed by atoms with van der Waals surface area (Å²) in [5.74, 6) is 4.64. The maximum absolute atomic E-state index is 12.8. The van der Waals surface area contributed by atoms with Crippen molar-refractivity contribution in [2.45, 2.75) is 19.5 Å². The Morgan fingerprint density at radius 2 is 2.05 bits per heavy atom. The molecule has 0 heterocycles. The molecule has 4 nitrogen and oxygen atoms in total. The maximum atomic E-state index is 12.8. The first-order valence-electron chi connectivity index (χ1n) is 5.75. The Labute approximate surface area is 109 Å². The van der Waals surface area contributed by atoms with Crippen LogP contribution in [0.15, 0.2) is 18.2 Å². The van der Waals surface area contributed by atoms with Crippen molar-refractivity contribution in [3.63, 3.8) is 0 Å². The summed E-state index contributed by atoms with van der Waals surface area (Å²) < 4.78 is 38.4. The lowest BCUT2D eigenvalue weighted by Crippen LogP contribution is -2.29. The van der Waals surface area contributed by atoms with Crippen LogP contribution in [0.1, 0.15) is 29.3 Å². The first-order valence-corrected chi connectivity index (χ1v) is 5.75. The van der Waals surface area contributed by atoms with Crippen LogP contribution in [0, 0.1) is 0 Å². The molecule has 0 spiro atoms. The van der Waals surface area contributed by atoms with E-state index in [1.165, 1.54) is 24.1 Å². The Hall–Kier alpha value is -1.76. The van der Waals surface area contributed by atoms with Crippen LogP contribution in [-0.4, -0.2) is 24.4 Å². The van der Waals surface area contributed by atoms with E-state index >= 15 is 0 Å². The van der Waals surface area contributed by atoms with Crippen molar-refractivity contribution in [2.75, 3.05) is 19.0 Å². The number of alkyl halides is 3. The van der Waals surface area contributed by atoms with E-state index in [1.54, 1.807) is 0 Å². The zero-order chi connectivity index (χ0) is 14.6. The second kappa shape index (κ2) is 5.92. The molecule has 0 aliphatic carbocycles. The van der Waals surface area contributed by atoms with Gasteiger partial charge >= 0.3 is 6.18 Å². The number of nitrogens with two attached hydrogens (primary N) is 1. The molecule has 106 valence electrons. The van der Waals surface area contributed by atoms with Gasteiger partial charge in [0.15, 0.2) is 0 Å². The topological polar surface area (TPSA) is 58.4 Å². The fourth-order valence-corrected chi connectivity index (χ4v) is 1.76. The average Bonchev–Trinajstić information content (AvgIpc) is 2.36. The van der Waals surface area contributed by atoms with Crippen molar-refractivity contribution in [2.24, 2.45) is 5.84 Å². The van der Waals surface area contributed by atoms with Gasteiger partial charge < -0.3 is 10.3 Å². The lowest BCUT2D eigenvalue weighted by atomic mass is 10.1. The van der Waals surface area contributed by atoms with Crippen LogP contribution < -0.4 is 11.3 Å². The SMILES string of the molecule is CCCN(C)C(=O)c1cccc(C(F)(F)F)c1NN. The third kappa shape index (κ3) is 3.37. The quantitative estimate of drug-likeness (QED) is 0.655. The molecule has 0 unspecified atom stereocenters. The van der Waals surface area contributed by atoms with Crippen LogP contribution in [0.2, 0.25) is 0 Å². The molecular formula is C12H16F3N3O. The van der Waals surface area contributed by atoms with Crippen molar-refractivity contribution in [1.29, 1.82) is 0 Å². The van der Waals surface area contributed by atoms with Gasteiger partial charge in [-0.05, 0) is 18.6 Å². The number of rotatable bonds is 4. The summed E-state index contributed by atoms with van der Waals surface area (Å²) in [7, 11) is 1.53. The number of nitrogens with zero attached hydrogens (tertiary/aromatic N) is 1. The van der Waals surface area contributed by atoms with Crippen molar-refractivity contribution in [3.8, 4) is 0 Å². The van der Waals surface area contributed by atoms with Crippen LogP contribution in [0.25, 0.3) is 0 Å². The number of hydrogen-bond donors (Lipinski definition) is 2. The van der Waals surface area contributed by atoms with E-state index in [0.29, 0.717) is 13.0 Å². The van der Waals surface area contributed by atoms with Gasteiger partial charge in [-0.25, -0.2) is 0 Å². The predicted octanol–water partition coefficient (Wildman–Crippen LogP) is 2.47. The van der Waals surface area contributed by atoms with Crippen LogP contribution in [0.3, 0.4) is 0 Å². The fourth-order valence-electron chi connectivity index (χ4n) is 1.76. The number of carbonyl (C=O) groups is 1. The molecule has 0 fully saturated rings. The largest absolute Gasteiger partial charge is 0.418 e. The number of halogens is 3. The highest BCUT2D eigenvalue weighted by Crippen LogP contribution is 2.36. The molecule has 1 rings (SSSR count). The lowest BCUT2D eigenvalue weighted by Gasteiger charge is -2.20. The molecule has 0 aliphatic heterocycles. The zero-order valence-electron chi connectivity index (χ0n) is 10.7. The minimum absolute atomic E-state index is 0.0896. The third-order valence-corrected chi connectivity index (χ3v) is 2.65. The Morgan fingerprint density at radius 1 is 1.42 bits per heavy atom. The van der Waals surface area contributed by atoms with E-state index in [4.69, 9.17) is 5.84 Å². The van der Waals surface area contributed by atoms with Gasteiger partial charge in [-0.3, -0.25) is 10.6 Å². The highest BCUT2D eigenvalue weighted by Gasteiger charge is 2.35. The number of carbonyl (C=O) groups excluding carboxylic acids is 1. The van der Waals surface area contributed by atoms with Crippen molar-refractivity contribution in [1.82, 2.24) is 4.90 Å². The Bertz CT molecular complexity index is 460. The molecule has 0 saturated carbocycles. The van der Waals surface area contributed by atoms with Gasteiger partial charge in [-0.15, -0.1) is 0 Å². The highest BCUT2D eigenvalue weighted by molar-refractivity contribution is 6.00. The summed E-state index contributed by atoms with van der Waals surface area (Å²) in [6.07, 6.45) is -3.85. The van der Waals surface area contributed by atoms with Gasteiger partial charge in [0, 0.05) is 13.6 Å². The van der Waals surface area contributed by atoms with Gasteiger partial charge in [-0.1, -0.05) is 13.0 Å². The van der Waals surface area contributed by atoms with Crippen LogP contribution in [-0.2, 0) is 6.18 Å². The molecule has 0 saturated heterocycles. The number of nitrogen functional groups attached to an aromatic ring is 1. The number of hydrogen-bond acceptors (Lipinski definition) is 3. The summed E-state index contributed by atoms with van der Waals surface area (Å²) in [5.41, 5.74) is 0.538. The molecule has 0 aliphatic rings. The fraction of sp³-hybridized carbons (Fsp3) is 0.417. The molecule has 0 bridgehead atoms. The molecular weight excluding hydrogens is 259 g/mol. The second-order valence-electron chi connectivity index (χ2n) is 4.10. The Balaban J connectivity index is 3.26. The van der Waals surface area contributed by atoms with Crippen LogP contribution >= 0.6 is 0 Å². The molecule has 0 radical (unpaired) electrons. The maximum Gasteiger partial charge on any atom is 0.418 e. The van der Waals surface area contributed by atoms with Gasteiger partial charge in [0.05, 0.1) is 16.8 Å². The molecule has 0 atom stereocenters. The average molecular weight is 275 g/mol. The third-order valence-electron chi connectivity index (χ3n) is 2.65. The van der Waals surface area contributed by atoms with E-state index in [0.717, 1.165) is 6.07 Å². The van der Waals surface area contributed by atoms with Crippen molar-refractivity contribution < 1.29 is 18.0 Å². The summed E-state index contributed by atoms with van der Waals surface area (Å²) >= 11 is 0. The normalized spacial score (nSPS) is 11.3. The minimum atomic E-state index is -4.57. The molecule has 19 heavy (non-hydrogen) atoms. The minimum Gasteiger partial charge on any atom is -0.342 e. The Kier molecular flexibility index (Phi) is 4.77. The predicted molar refractivity (Wildman–Crippen MR) is 66.5 cm³/mol. The van der Waals surface area contributed by atoms with Gasteiger partial charge in [0.2, 0.25) is 0 Å². The molecule has 7 heteroatoms. The molecule has 3 N–H and O–H groups in total. The number of nitrogens with one attached hydrogen (secondary N) is 1. The Morgan fingerprint density at radius 3 is 2.53 bits per heavy atom. The van der Waals surface area contributed by atoms with E-state index in [1.807, 2.05) is 12.3 Å². The second-order valence-corrected chi connectivity index (χ2v) is 4.10. The molecule has 0 aromatic heterocycles. The van der Waals surface area contributed by atoms with E-state index in [2.05, 4.69) is 0 Å². The number of hydrazine groups is 1. The first-order chi connectivity index (χ1) is 8.82. The summed E-state index contributed by atoms with van der Waals surface area (Å²) in [6.45, 7) is 2.33. The number of anilines is 1. The number of amides is 1. The van der Waals surface area contributed by atoms with Crippen molar-refractivity contribution >= 4 is 11.6 Å². The number of para-hydroxylation sites is 1. The van der Waals surface area contributed by atoms with E-state index in [9.17, 15) is 18.0 Å². The zero-order valence-corrected chi connectivity index (χ0v) is 10.7. The lowest BCUT2D eigenvalue weighted by molar-refractivity contribution is -0.137. The van der Waals surface area contributed by atoms with Crippen LogP contribution in [0.4, 0.5) is 18.9 Å². The van der Waals surface area contributed by atoms with Gasteiger partial charge in [0.25, 0.3) is 5.91 Å². The molecule has 1 aromatic carbocycles. The monoisotopic (exact) mass is 275 g/mol. The van der Waals surface area contributed by atoms with E-state index in [-0.39, 0.29) is 5.56 Å². The standard InChI is InChI=1S/C12H16F3N3O/c1-3-7-18(2)11(19)8-5-4-6-9(10(8)17-16)12(13,14)15/h4-6,17H,3,7,16H2,1-2H3. The van der Waals surface area contributed by atoms with E-state index < -0.39 is 23.3 Å². The first kappa shape index (κ1) is 15.3. The molecule has 1 aromatic rings. The number of benzene rings is 1.